The van der Waals surface area contributed by atoms with Crippen molar-refractivity contribution < 1.29 is 0 Å². The van der Waals surface area contributed by atoms with E-state index in [-0.39, 0.29) is 0 Å². The van der Waals surface area contributed by atoms with Crippen LogP contribution in [-0.2, 0) is 0 Å². The summed E-state index contributed by atoms with van der Waals surface area (Å²) in [5, 5.41) is 4.18. The Morgan fingerprint density at radius 2 is 2.18 bits per heavy atom. The summed E-state index contributed by atoms with van der Waals surface area (Å²) in [5.41, 5.74) is 1.24. The van der Waals surface area contributed by atoms with Gasteiger partial charge in [-0.05, 0) is 38.9 Å². The number of hydrogen-bond acceptors (Lipinski definition) is 2. The smallest absolute Gasteiger partial charge is 0.0541 e. The van der Waals surface area contributed by atoms with Gasteiger partial charge in [-0.1, -0.05) is 29.3 Å². The van der Waals surface area contributed by atoms with Crippen molar-refractivity contribution in [1.29, 1.82) is 0 Å². The van der Waals surface area contributed by atoms with Gasteiger partial charge in [0.25, 0.3) is 0 Å². The topological polar surface area (TPSA) is 12.0 Å². The maximum atomic E-state index is 6.12. The van der Waals surface area contributed by atoms with Gasteiger partial charge in [0.2, 0.25) is 0 Å². The van der Waals surface area contributed by atoms with Crippen LogP contribution in [0.5, 0.6) is 0 Å². The zero-order chi connectivity index (χ0) is 12.7. The first-order valence-electron chi connectivity index (χ1n) is 5.82. The Hall–Kier alpha value is -0.440. The van der Waals surface area contributed by atoms with E-state index in [1.165, 1.54) is 5.57 Å². The van der Waals surface area contributed by atoms with Crippen molar-refractivity contribution in [2.45, 2.75) is 30.7 Å². The molecule has 1 aromatic carbocycles. The molecule has 1 aromatic rings. The minimum atomic E-state index is 0.507. The average Bonchev–Trinajstić information content (AvgIpc) is 2.31. The van der Waals surface area contributed by atoms with E-state index in [1.54, 1.807) is 0 Å². The minimum absolute atomic E-state index is 0.507. The van der Waals surface area contributed by atoms with E-state index in [1.807, 2.05) is 37.0 Å². The lowest BCUT2D eigenvalue weighted by molar-refractivity contribution is 0.571. The van der Waals surface area contributed by atoms with E-state index in [4.69, 9.17) is 11.6 Å². The molecule has 1 atom stereocenters. The molecule has 0 aromatic heterocycles. The SMILES string of the molecule is C=C(C)CCC(CSc1ccccc1Cl)NC. The minimum Gasteiger partial charge on any atom is -0.316 e. The fraction of sp³-hybridized carbons (Fsp3) is 0.429. The molecule has 0 spiro atoms. The van der Waals surface area contributed by atoms with Crippen molar-refractivity contribution in [1.82, 2.24) is 5.32 Å². The maximum absolute atomic E-state index is 6.12. The van der Waals surface area contributed by atoms with Gasteiger partial charge in [-0.3, -0.25) is 0 Å². The van der Waals surface area contributed by atoms with Gasteiger partial charge in [-0.2, -0.15) is 0 Å². The zero-order valence-corrected chi connectivity index (χ0v) is 12.1. The molecule has 3 heteroatoms. The highest BCUT2D eigenvalue weighted by Crippen LogP contribution is 2.27. The van der Waals surface area contributed by atoms with E-state index in [0.29, 0.717) is 6.04 Å². The molecule has 1 N–H and O–H groups in total. The van der Waals surface area contributed by atoms with E-state index in [2.05, 4.69) is 24.9 Å². The lowest BCUT2D eigenvalue weighted by Gasteiger charge is -2.16. The first-order chi connectivity index (χ1) is 8.13. The Morgan fingerprint density at radius 1 is 1.47 bits per heavy atom. The van der Waals surface area contributed by atoms with Crippen molar-refractivity contribution >= 4 is 23.4 Å². The number of thioether (sulfide) groups is 1. The van der Waals surface area contributed by atoms with Crippen LogP contribution in [-0.4, -0.2) is 18.8 Å². The first-order valence-corrected chi connectivity index (χ1v) is 7.18. The van der Waals surface area contributed by atoms with Gasteiger partial charge >= 0.3 is 0 Å². The van der Waals surface area contributed by atoms with Crippen LogP contribution in [0.2, 0.25) is 5.02 Å². The molecule has 0 saturated heterocycles. The van der Waals surface area contributed by atoms with Gasteiger partial charge in [-0.15, -0.1) is 18.3 Å². The summed E-state index contributed by atoms with van der Waals surface area (Å²) < 4.78 is 0. The molecule has 0 radical (unpaired) electrons. The van der Waals surface area contributed by atoms with Crippen LogP contribution in [0.15, 0.2) is 41.3 Å². The highest BCUT2D eigenvalue weighted by molar-refractivity contribution is 7.99. The Balaban J connectivity index is 2.42. The number of halogens is 1. The molecule has 0 amide bonds. The van der Waals surface area contributed by atoms with Crippen LogP contribution in [0, 0.1) is 0 Å². The molecule has 94 valence electrons. The molecular weight excluding hydrogens is 250 g/mol. The molecule has 0 aliphatic carbocycles. The van der Waals surface area contributed by atoms with Gasteiger partial charge in [0, 0.05) is 16.7 Å². The molecule has 1 nitrogen and oxygen atoms in total. The molecule has 17 heavy (non-hydrogen) atoms. The quantitative estimate of drug-likeness (QED) is 0.582. The standard InChI is InChI=1S/C14H20ClNS/c1-11(2)8-9-12(16-3)10-17-14-7-5-4-6-13(14)15/h4-7,12,16H,1,8-10H2,2-3H3. The number of rotatable bonds is 7. The highest BCUT2D eigenvalue weighted by atomic mass is 35.5. The second kappa shape index (κ2) is 7.80. The maximum Gasteiger partial charge on any atom is 0.0541 e. The largest absolute Gasteiger partial charge is 0.316 e. The Labute approximate surface area is 114 Å². The highest BCUT2D eigenvalue weighted by Gasteiger charge is 2.08. The van der Waals surface area contributed by atoms with Gasteiger partial charge in [0.05, 0.1) is 5.02 Å². The van der Waals surface area contributed by atoms with Crippen molar-refractivity contribution in [3.63, 3.8) is 0 Å². The molecule has 0 bridgehead atoms. The lowest BCUT2D eigenvalue weighted by atomic mass is 10.1. The number of nitrogens with one attached hydrogen (secondary N) is 1. The summed E-state index contributed by atoms with van der Waals surface area (Å²) in [6.45, 7) is 6.02. The van der Waals surface area contributed by atoms with E-state index >= 15 is 0 Å². The van der Waals surface area contributed by atoms with Crippen LogP contribution < -0.4 is 5.32 Å². The third-order valence-corrected chi connectivity index (χ3v) is 4.28. The molecule has 0 fully saturated rings. The monoisotopic (exact) mass is 269 g/mol. The Morgan fingerprint density at radius 3 is 2.76 bits per heavy atom. The molecule has 0 saturated carbocycles. The Bertz CT molecular complexity index is 365. The summed E-state index contributed by atoms with van der Waals surface area (Å²) in [5.74, 6) is 1.04. The summed E-state index contributed by atoms with van der Waals surface area (Å²) in [6.07, 6.45) is 2.21. The zero-order valence-electron chi connectivity index (χ0n) is 10.5. The fourth-order valence-electron chi connectivity index (χ4n) is 1.48. The summed E-state index contributed by atoms with van der Waals surface area (Å²) in [4.78, 5) is 1.16. The third-order valence-electron chi connectivity index (χ3n) is 2.60. The normalized spacial score (nSPS) is 12.4. The van der Waals surface area contributed by atoms with Crippen LogP contribution in [0.1, 0.15) is 19.8 Å². The van der Waals surface area contributed by atoms with Crippen LogP contribution in [0.3, 0.4) is 0 Å². The molecule has 1 unspecified atom stereocenters. The predicted octanol–water partition coefficient (Wildman–Crippen LogP) is 4.38. The first kappa shape index (κ1) is 14.6. The van der Waals surface area contributed by atoms with Crippen molar-refractivity contribution in [2.75, 3.05) is 12.8 Å². The predicted molar refractivity (Wildman–Crippen MR) is 79.1 cm³/mol. The number of benzene rings is 1. The Kier molecular flexibility index (Phi) is 6.71. The van der Waals surface area contributed by atoms with Gasteiger partial charge in [0.1, 0.15) is 0 Å². The second-order valence-electron chi connectivity index (χ2n) is 4.22. The molecule has 0 aliphatic heterocycles. The van der Waals surface area contributed by atoms with Crippen LogP contribution in [0.25, 0.3) is 0 Å². The third kappa shape index (κ3) is 5.62. The van der Waals surface area contributed by atoms with Gasteiger partial charge in [-0.25, -0.2) is 0 Å². The molecule has 0 aliphatic rings. The van der Waals surface area contributed by atoms with E-state index in [9.17, 15) is 0 Å². The van der Waals surface area contributed by atoms with Crippen molar-refractivity contribution in [3.8, 4) is 0 Å². The van der Waals surface area contributed by atoms with Crippen LogP contribution in [0.4, 0.5) is 0 Å². The van der Waals surface area contributed by atoms with E-state index in [0.717, 1.165) is 28.5 Å². The summed E-state index contributed by atoms with van der Waals surface area (Å²) in [7, 11) is 2.01. The number of hydrogen-bond donors (Lipinski definition) is 1. The molecule has 1 rings (SSSR count). The van der Waals surface area contributed by atoms with Crippen molar-refractivity contribution in [3.05, 3.63) is 41.4 Å². The van der Waals surface area contributed by atoms with Crippen LogP contribution >= 0.6 is 23.4 Å². The fourth-order valence-corrected chi connectivity index (χ4v) is 2.88. The number of allylic oxidation sites excluding steroid dienone is 1. The average molecular weight is 270 g/mol. The lowest BCUT2D eigenvalue weighted by Crippen LogP contribution is -2.27. The molecular formula is C14H20ClNS. The van der Waals surface area contributed by atoms with Crippen molar-refractivity contribution in [2.24, 2.45) is 0 Å². The van der Waals surface area contributed by atoms with Gasteiger partial charge < -0.3 is 5.32 Å². The van der Waals surface area contributed by atoms with E-state index < -0.39 is 0 Å². The second-order valence-corrected chi connectivity index (χ2v) is 5.69. The molecule has 0 heterocycles. The van der Waals surface area contributed by atoms with Gasteiger partial charge in [0.15, 0.2) is 0 Å². The summed E-state index contributed by atoms with van der Waals surface area (Å²) in [6, 6.07) is 8.50. The summed E-state index contributed by atoms with van der Waals surface area (Å²) >= 11 is 7.93.